The Morgan fingerprint density at radius 2 is 2.29 bits per heavy atom. The maximum Gasteiger partial charge on any atom is 0.185 e. The van der Waals surface area contributed by atoms with Crippen molar-refractivity contribution in [2.75, 3.05) is 5.75 Å². The van der Waals surface area contributed by atoms with Gasteiger partial charge in [-0.05, 0) is 6.07 Å². The summed E-state index contributed by atoms with van der Waals surface area (Å²) in [5.41, 5.74) is 1.04. The van der Waals surface area contributed by atoms with E-state index in [0.717, 1.165) is 6.29 Å². The molecule has 0 aliphatic rings. The molecule has 0 radical (unpaired) electrons. The fourth-order valence-electron chi connectivity index (χ4n) is 1.17. The van der Waals surface area contributed by atoms with Gasteiger partial charge in [-0.1, -0.05) is 47.3 Å². The summed E-state index contributed by atoms with van der Waals surface area (Å²) in [6.45, 7) is 1.52. The molecule has 0 aromatic heterocycles. The zero-order valence-corrected chi connectivity index (χ0v) is 10.9. The number of carbonyl (C=O) groups excluding carboxylic acids is 2. The fourth-order valence-corrected chi connectivity index (χ4v) is 1.89. The quantitative estimate of drug-likeness (QED) is 0.479. The average Bonchev–Trinajstić information content (AvgIpc) is 2.30. The standard InChI is InChI=1S/C13H11ClO2S/c1-10(16)17-8-3-2-6-12-11(9-15)5-4-7-13(12)14/h4-5,7,9H,3,8H2,1H3. The number of hydrogen-bond donors (Lipinski definition) is 0. The third-order valence-corrected chi connectivity index (χ3v) is 3.05. The largest absolute Gasteiger partial charge is 0.298 e. The number of aldehydes is 1. The Bertz CT molecular complexity index is 486. The highest BCUT2D eigenvalue weighted by atomic mass is 35.5. The normalized spacial score (nSPS) is 9.29. The van der Waals surface area contributed by atoms with Gasteiger partial charge in [-0.3, -0.25) is 9.59 Å². The third kappa shape index (κ3) is 4.64. The molecule has 0 heterocycles. The number of halogens is 1. The van der Waals surface area contributed by atoms with Gasteiger partial charge in [0.2, 0.25) is 0 Å². The minimum Gasteiger partial charge on any atom is -0.298 e. The molecule has 0 aliphatic carbocycles. The molecule has 0 N–H and O–H groups in total. The van der Waals surface area contributed by atoms with Crippen LogP contribution in [-0.2, 0) is 4.79 Å². The first kappa shape index (κ1) is 13.8. The number of rotatable bonds is 3. The minimum absolute atomic E-state index is 0.0816. The zero-order chi connectivity index (χ0) is 12.7. The van der Waals surface area contributed by atoms with Gasteiger partial charge in [0.15, 0.2) is 11.4 Å². The van der Waals surface area contributed by atoms with Gasteiger partial charge in [-0.15, -0.1) is 0 Å². The zero-order valence-electron chi connectivity index (χ0n) is 9.33. The van der Waals surface area contributed by atoms with Crippen LogP contribution in [0.4, 0.5) is 0 Å². The third-order valence-electron chi connectivity index (χ3n) is 1.92. The van der Waals surface area contributed by atoms with Crippen LogP contribution in [0.15, 0.2) is 18.2 Å². The summed E-state index contributed by atoms with van der Waals surface area (Å²) < 4.78 is 0. The van der Waals surface area contributed by atoms with Gasteiger partial charge in [0, 0.05) is 24.7 Å². The van der Waals surface area contributed by atoms with Gasteiger partial charge in [-0.2, -0.15) is 0 Å². The molecule has 1 aromatic carbocycles. The maximum absolute atomic E-state index is 10.8. The highest BCUT2D eigenvalue weighted by molar-refractivity contribution is 8.13. The Labute approximate surface area is 110 Å². The van der Waals surface area contributed by atoms with E-state index in [9.17, 15) is 9.59 Å². The molecular weight excluding hydrogens is 256 g/mol. The summed E-state index contributed by atoms with van der Waals surface area (Å²) in [4.78, 5) is 21.5. The molecule has 0 spiro atoms. The second kappa shape index (κ2) is 7.16. The van der Waals surface area contributed by atoms with Gasteiger partial charge < -0.3 is 0 Å². The van der Waals surface area contributed by atoms with E-state index in [-0.39, 0.29) is 5.12 Å². The van der Waals surface area contributed by atoms with E-state index < -0.39 is 0 Å². The molecule has 0 unspecified atom stereocenters. The molecule has 0 bridgehead atoms. The average molecular weight is 267 g/mol. The number of carbonyl (C=O) groups is 2. The first-order chi connectivity index (χ1) is 8.15. The smallest absolute Gasteiger partial charge is 0.185 e. The second-order valence-corrected chi connectivity index (χ2v) is 4.89. The summed E-state index contributed by atoms with van der Waals surface area (Å²) in [5, 5.41) is 0.555. The Morgan fingerprint density at radius 3 is 2.94 bits per heavy atom. The van der Waals surface area contributed by atoms with E-state index in [1.54, 1.807) is 18.2 Å². The Morgan fingerprint density at radius 1 is 1.53 bits per heavy atom. The molecule has 0 saturated heterocycles. The Balaban J connectivity index is 2.71. The molecule has 1 rings (SSSR count). The van der Waals surface area contributed by atoms with Gasteiger partial charge in [0.05, 0.1) is 10.6 Å². The SMILES string of the molecule is CC(=O)SCCC#Cc1c(Cl)cccc1C=O. The predicted octanol–water partition coefficient (Wildman–Crippen LogP) is 3.17. The van der Waals surface area contributed by atoms with Crippen LogP contribution >= 0.6 is 23.4 Å². The van der Waals surface area contributed by atoms with E-state index >= 15 is 0 Å². The number of hydrogen-bond acceptors (Lipinski definition) is 3. The van der Waals surface area contributed by atoms with Gasteiger partial charge >= 0.3 is 0 Å². The van der Waals surface area contributed by atoms with Crippen molar-refractivity contribution >= 4 is 34.8 Å². The van der Waals surface area contributed by atoms with Crippen molar-refractivity contribution in [3.63, 3.8) is 0 Å². The summed E-state index contributed by atoms with van der Waals surface area (Å²) in [5.74, 6) is 6.43. The van der Waals surface area contributed by atoms with Crippen LogP contribution in [0.3, 0.4) is 0 Å². The predicted molar refractivity (Wildman–Crippen MR) is 71.5 cm³/mol. The monoisotopic (exact) mass is 266 g/mol. The minimum atomic E-state index is 0.0816. The van der Waals surface area contributed by atoms with E-state index in [4.69, 9.17) is 11.6 Å². The molecule has 2 nitrogen and oxygen atoms in total. The first-order valence-electron chi connectivity index (χ1n) is 5.01. The van der Waals surface area contributed by atoms with Gasteiger partial charge in [0.1, 0.15) is 0 Å². The lowest BCUT2D eigenvalue weighted by Gasteiger charge is -1.98. The highest BCUT2D eigenvalue weighted by Gasteiger charge is 2.02. The summed E-state index contributed by atoms with van der Waals surface area (Å²) in [7, 11) is 0. The van der Waals surface area contributed by atoms with Crippen molar-refractivity contribution in [2.45, 2.75) is 13.3 Å². The Kier molecular flexibility index (Phi) is 5.82. The van der Waals surface area contributed by atoms with Crippen LogP contribution in [0.2, 0.25) is 5.02 Å². The Hall–Kier alpha value is -1.24. The van der Waals surface area contributed by atoms with Gasteiger partial charge in [-0.25, -0.2) is 0 Å². The van der Waals surface area contributed by atoms with Crippen molar-refractivity contribution in [1.29, 1.82) is 0 Å². The van der Waals surface area contributed by atoms with Crippen molar-refractivity contribution in [3.8, 4) is 11.8 Å². The number of benzene rings is 1. The number of thioether (sulfide) groups is 1. The fraction of sp³-hybridized carbons (Fsp3) is 0.231. The van der Waals surface area contributed by atoms with E-state index in [2.05, 4.69) is 11.8 Å². The van der Waals surface area contributed by atoms with E-state index in [0.29, 0.717) is 28.3 Å². The maximum atomic E-state index is 10.8. The summed E-state index contributed by atoms with van der Waals surface area (Å²) in [6.07, 6.45) is 1.33. The molecule has 0 saturated carbocycles. The van der Waals surface area contributed by atoms with Crippen LogP contribution in [0.25, 0.3) is 0 Å². The van der Waals surface area contributed by atoms with Crippen LogP contribution < -0.4 is 0 Å². The lowest BCUT2D eigenvalue weighted by atomic mass is 10.1. The van der Waals surface area contributed by atoms with Crippen molar-refractivity contribution in [3.05, 3.63) is 34.3 Å². The van der Waals surface area contributed by atoms with Crippen molar-refractivity contribution in [2.24, 2.45) is 0 Å². The van der Waals surface area contributed by atoms with Gasteiger partial charge in [0.25, 0.3) is 0 Å². The van der Waals surface area contributed by atoms with Crippen molar-refractivity contribution < 1.29 is 9.59 Å². The topological polar surface area (TPSA) is 34.1 Å². The summed E-state index contributed by atoms with van der Waals surface area (Å²) in [6, 6.07) is 5.08. The lowest BCUT2D eigenvalue weighted by molar-refractivity contribution is -0.109. The summed E-state index contributed by atoms with van der Waals surface area (Å²) >= 11 is 7.19. The van der Waals surface area contributed by atoms with Crippen LogP contribution in [0, 0.1) is 11.8 Å². The van der Waals surface area contributed by atoms with E-state index in [1.807, 2.05) is 0 Å². The second-order valence-electron chi connectivity index (χ2n) is 3.21. The molecule has 1 aromatic rings. The van der Waals surface area contributed by atoms with Crippen LogP contribution in [0.5, 0.6) is 0 Å². The highest BCUT2D eigenvalue weighted by Crippen LogP contribution is 2.17. The molecule has 88 valence electrons. The van der Waals surface area contributed by atoms with E-state index in [1.165, 1.54) is 18.7 Å². The molecule has 0 amide bonds. The van der Waals surface area contributed by atoms with Crippen molar-refractivity contribution in [1.82, 2.24) is 0 Å². The first-order valence-corrected chi connectivity index (χ1v) is 6.37. The molecule has 0 atom stereocenters. The van der Waals surface area contributed by atoms with Crippen LogP contribution in [-0.4, -0.2) is 17.2 Å². The molecule has 17 heavy (non-hydrogen) atoms. The molecule has 0 aliphatic heterocycles. The molecular formula is C13H11ClO2S. The molecule has 0 fully saturated rings. The van der Waals surface area contributed by atoms with Crippen LogP contribution in [0.1, 0.15) is 29.3 Å². The molecule has 4 heteroatoms. The lowest BCUT2D eigenvalue weighted by Crippen LogP contribution is -1.88.